The Morgan fingerprint density at radius 1 is 1.11 bits per heavy atom. The highest BCUT2D eigenvalue weighted by Gasteiger charge is 2.15. The summed E-state index contributed by atoms with van der Waals surface area (Å²) in [7, 11) is 1.89. The minimum absolute atomic E-state index is 0.312. The van der Waals surface area contributed by atoms with Crippen molar-refractivity contribution in [1.29, 1.82) is 0 Å². The van der Waals surface area contributed by atoms with Gasteiger partial charge in [0.2, 0.25) is 5.95 Å². The van der Waals surface area contributed by atoms with Gasteiger partial charge in [0.05, 0.1) is 0 Å². The second-order valence-electron chi connectivity index (χ2n) is 6.31. The number of anilines is 1. The lowest BCUT2D eigenvalue weighted by Crippen LogP contribution is -2.06. The maximum atomic E-state index is 13.7. The first-order chi connectivity index (χ1) is 13.6. The van der Waals surface area contributed by atoms with Crippen molar-refractivity contribution >= 4 is 17.5 Å². The molecule has 0 fully saturated rings. The average molecular weight is 394 g/mol. The fourth-order valence-electron chi connectivity index (χ4n) is 2.88. The van der Waals surface area contributed by atoms with E-state index in [2.05, 4.69) is 20.3 Å². The maximum absolute atomic E-state index is 13.7. The maximum Gasteiger partial charge on any atom is 0.223 e. The van der Waals surface area contributed by atoms with E-state index >= 15 is 0 Å². The van der Waals surface area contributed by atoms with Crippen molar-refractivity contribution in [2.24, 2.45) is 7.05 Å². The molecular formula is C21H17ClFN5. The van der Waals surface area contributed by atoms with Gasteiger partial charge in [-0.3, -0.25) is 0 Å². The lowest BCUT2D eigenvalue weighted by atomic mass is 10.1. The van der Waals surface area contributed by atoms with Crippen molar-refractivity contribution in [2.45, 2.75) is 6.54 Å². The molecule has 2 aromatic heterocycles. The Bertz CT molecular complexity index is 1110. The fraction of sp³-hybridized carbons (Fsp3) is 0.0952. The van der Waals surface area contributed by atoms with Crippen molar-refractivity contribution in [3.8, 4) is 22.6 Å². The lowest BCUT2D eigenvalue weighted by Gasteiger charge is -2.12. The number of halogens is 2. The molecule has 0 aliphatic heterocycles. The van der Waals surface area contributed by atoms with Gasteiger partial charge in [0.1, 0.15) is 11.5 Å². The number of hydrogen-bond donors (Lipinski definition) is 1. The molecular weight excluding hydrogens is 377 g/mol. The molecule has 7 heteroatoms. The fourth-order valence-corrected chi connectivity index (χ4v) is 3.01. The van der Waals surface area contributed by atoms with Gasteiger partial charge in [0.15, 0.2) is 5.82 Å². The Labute approximate surface area is 166 Å². The minimum Gasteiger partial charge on any atom is -0.350 e. The summed E-state index contributed by atoms with van der Waals surface area (Å²) in [6.07, 6.45) is 5.23. The van der Waals surface area contributed by atoms with Gasteiger partial charge in [-0.25, -0.2) is 19.3 Å². The molecule has 0 spiro atoms. The van der Waals surface area contributed by atoms with Gasteiger partial charge < -0.3 is 9.88 Å². The number of nitrogens with zero attached hydrogens (tertiary/aromatic N) is 4. The number of rotatable bonds is 5. The molecule has 2 heterocycles. The Hall–Kier alpha value is -3.25. The van der Waals surface area contributed by atoms with E-state index in [4.69, 9.17) is 11.6 Å². The first-order valence-corrected chi connectivity index (χ1v) is 9.07. The predicted octanol–water partition coefficient (Wildman–Crippen LogP) is 4.95. The van der Waals surface area contributed by atoms with E-state index in [-0.39, 0.29) is 5.82 Å². The SMILES string of the molecule is Cn1ccnc1-c1nc(NCc2ccc(Cl)cc2)ncc1-c1cccc(F)c1. The van der Waals surface area contributed by atoms with Crippen molar-refractivity contribution in [3.63, 3.8) is 0 Å². The van der Waals surface area contributed by atoms with Crippen LogP contribution in [0.25, 0.3) is 22.6 Å². The Morgan fingerprint density at radius 3 is 2.64 bits per heavy atom. The zero-order chi connectivity index (χ0) is 19.5. The van der Waals surface area contributed by atoms with Crippen molar-refractivity contribution in [2.75, 3.05) is 5.32 Å². The molecule has 0 unspecified atom stereocenters. The molecule has 4 rings (SSSR count). The van der Waals surface area contributed by atoms with Crippen LogP contribution in [0.1, 0.15) is 5.56 Å². The first kappa shape index (κ1) is 18.1. The number of benzene rings is 2. The number of imidazole rings is 1. The molecule has 0 radical (unpaired) electrons. The summed E-state index contributed by atoms with van der Waals surface area (Å²) < 4.78 is 15.6. The Balaban J connectivity index is 1.70. The van der Waals surface area contributed by atoms with Crippen LogP contribution in [0.4, 0.5) is 10.3 Å². The van der Waals surface area contributed by atoms with E-state index in [9.17, 15) is 4.39 Å². The highest BCUT2D eigenvalue weighted by molar-refractivity contribution is 6.30. The summed E-state index contributed by atoms with van der Waals surface area (Å²) in [6.45, 7) is 0.552. The third-order valence-corrected chi connectivity index (χ3v) is 4.57. The zero-order valence-corrected chi connectivity index (χ0v) is 15.9. The van der Waals surface area contributed by atoms with Crippen molar-refractivity contribution in [1.82, 2.24) is 19.5 Å². The van der Waals surface area contributed by atoms with Gasteiger partial charge in [-0.2, -0.15) is 0 Å². The van der Waals surface area contributed by atoms with Gasteiger partial charge in [-0.1, -0.05) is 35.9 Å². The quantitative estimate of drug-likeness (QED) is 0.521. The van der Waals surface area contributed by atoms with Crippen LogP contribution >= 0.6 is 11.6 Å². The van der Waals surface area contributed by atoms with Crippen LogP contribution in [0, 0.1) is 5.82 Å². The van der Waals surface area contributed by atoms with E-state index < -0.39 is 0 Å². The molecule has 0 saturated heterocycles. The van der Waals surface area contributed by atoms with Gasteiger partial charge >= 0.3 is 0 Å². The van der Waals surface area contributed by atoms with Crippen LogP contribution in [-0.4, -0.2) is 19.5 Å². The van der Waals surface area contributed by atoms with Crippen LogP contribution < -0.4 is 5.32 Å². The first-order valence-electron chi connectivity index (χ1n) is 8.69. The second-order valence-corrected chi connectivity index (χ2v) is 6.74. The van der Waals surface area contributed by atoms with Gasteiger partial charge in [-0.15, -0.1) is 0 Å². The number of hydrogen-bond acceptors (Lipinski definition) is 4. The van der Waals surface area contributed by atoms with Crippen LogP contribution in [0.2, 0.25) is 5.02 Å². The van der Waals surface area contributed by atoms with E-state index in [1.807, 2.05) is 48.1 Å². The molecule has 0 aliphatic rings. The summed E-state index contributed by atoms with van der Waals surface area (Å²) in [4.78, 5) is 13.5. The van der Waals surface area contributed by atoms with Crippen LogP contribution in [-0.2, 0) is 13.6 Å². The molecule has 0 bridgehead atoms. The predicted molar refractivity (Wildman–Crippen MR) is 108 cm³/mol. The molecule has 4 aromatic rings. The average Bonchev–Trinajstić information content (AvgIpc) is 3.13. The molecule has 0 amide bonds. The normalized spacial score (nSPS) is 10.8. The summed E-state index contributed by atoms with van der Waals surface area (Å²) in [6, 6.07) is 13.9. The molecule has 0 atom stereocenters. The molecule has 5 nitrogen and oxygen atoms in total. The van der Waals surface area contributed by atoms with Crippen molar-refractivity contribution in [3.05, 3.63) is 83.5 Å². The molecule has 1 N–H and O–H groups in total. The standard InChI is InChI=1S/C21H17ClFN5/c1-28-10-9-24-20(28)19-18(15-3-2-4-17(23)11-15)13-26-21(27-19)25-12-14-5-7-16(22)8-6-14/h2-11,13H,12H2,1H3,(H,25,26,27). The summed E-state index contributed by atoms with van der Waals surface area (Å²) >= 11 is 5.93. The van der Waals surface area contributed by atoms with E-state index in [1.165, 1.54) is 12.1 Å². The van der Waals surface area contributed by atoms with Gasteiger partial charge in [0, 0.05) is 42.8 Å². The monoisotopic (exact) mass is 393 g/mol. The summed E-state index contributed by atoms with van der Waals surface area (Å²) in [5.41, 5.74) is 3.10. The van der Waals surface area contributed by atoms with Crippen LogP contribution in [0.15, 0.2) is 67.1 Å². The summed E-state index contributed by atoms with van der Waals surface area (Å²) in [5.74, 6) is 0.831. The zero-order valence-electron chi connectivity index (χ0n) is 15.1. The third kappa shape index (κ3) is 3.87. The van der Waals surface area contributed by atoms with Gasteiger partial charge in [-0.05, 0) is 35.4 Å². The largest absolute Gasteiger partial charge is 0.350 e. The van der Waals surface area contributed by atoms with Gasteiger partial charge in [0.25, 0.3) is 0 Å². The molecule has 140 valence electrons. The summed E-state index contributed by atoms with van der Waals surface area (Å²) in [5, 5.41) is 3.91. The van der Waals surface area contributed by atoms with Crippen molar-refractivity contribution < 1.29 is 4.39 Å². The lowest BCUT2D eigenvalue weighted by molar-refractivity contribution is 0.628. The molecule has 0 saturated carbocycles. The molecule has 0 aliphatic carbocycles. The van der Waals surface area contributed by atoms with E-state index in [1.54, 1.807) is 18.5 Å². The highest BCUT2D eigenvalue weighted by Crippen LogP contribution is 2.30. The molecule has 2 aromatic carbocycles. The van der Waals surface area contributed by atoms with E-state index in [0.29, 0.717) is 40.2 Å². The highest BCUT2D eigenvalue weighted by atomic mass is 35.5. The minimum atomic E-state index is -0.312. The van der Waals surface area contributed by atoms with E-state index in [0.717, 1.165) is 5.56 Å². The number of aryl methyl sites for hydroxylation is 1. The number of aromatic nitrogens is 4. The van der Waals surface area contributed by atoms with Crippen LogP contribution in [0.5, 0.6) is 0 Å². The third-order valence-electron chi connectivity index (χ3n) is 4.32. The van der Waals surface area contributed by atoms with Crippen LogP contribution in [0.3, 0.4) is 0 Å². The molecule has 28 heavy (non-hydrogen) atoms. The Morgan fingerprint density at radius 2 is 1.93 bits per heavy atom. The smallest absolute Gasteiger partial charge is 0.223 e. The number of nitrogens with one attached hydrogen (secondary N) is 1. The topological polar surface area (TPSA) is 55.6 Å². The second kappa shape index (κ2) is 7.78. The Kier molecular flexibility index (Phi) is 5.04.